The van der Waals surface area contributed by atoms with E-state index in [1.807, 2.05) is 25.1 Å². The molecule has 0 radical (unpaired) electrons. The molecule has 2 aromatic rings. The molecule has 0 amide bonds. The lowest BCUT2D eigenvalue weighted by Gasteiger charge is -2.16. The number of ether oxygens (including phenoxy) is 1. The number of rotatable bonds is 3. The first-order valence-corrected chi connectivity index (χ1v) is 5.92. The number of aromatic nitrogens is 2. The molecular weight excluding hydrogens is 252 g/mol. The Morgan fingerprint density at radius 1 is 1.44 bits per heavy atom. The Kier molecular flexibility index (Phi) is 3.59. The number of hydrogen-bond donors (Lipinski definition) is 1. The molecule has 18 heavy (non-hydrogen) atoms. The molecule has 0 aliphatic rings. The van der Waals surface area contributed by atoms with Gasteiger partial charge in [-0.1, -0.05) is 23.2 Å². The SMILES string of the molecule is COc1ccc(C)cc1C(O)c1c(Cl)cnn1C. The van der Waals surface area contributed by atoms with Crippen LogP contribution < -0.4 is 4.74 Å². The van der Waals surface area contributed by atoms with Crippen molar-refractivity contribution in [2.75, 3.05) is 7.11 Å². The van der Waals surface area contributed by atoms with Crippen LogP contribution in [0.1, 0.15) is 22.9 Å². The van der Waals surface area contributed by atoms with Gasteiger partial charge in [-0.05, 0) is 19.1 Å². The Morgan fingerprint density at radius 2 is 2.17 bits per heavy atom. The van der Waals surface area contributed by atoms with E-state index in [0.29, 0.717) is 22.0 Å². The average Bonchev–Trinajstić information content (AvgIpc) is 2.68. The minimum absolute atomic E-state index is 0.438. The van der Waals surface area contributed by atoms with Gasteiger partial charge >= 0.3 is 0 Å². The second-order valence-corrected chi connectivity index (χ2v) is 4.56. The van der Waals surface area contributed by atoms with E-state index in [4.69, 9.17) is 16.3 Å². The fourth-order valence-electron chi connectivity index (χ4n) is 1.94. The maximum absolute atomic E-state index is 10.5. The molecule has 1 atom stereocenters. The number of hydrogen-bond acceptors (Lipinski definition) is 3. The van der Waals surface area contributed by atoms with Crippen molar-refractivity contribution in [2.24, 2.45) is 7.05 Å². The molecule has 0 spiro atoms. The molecule has 1 N–H and O–H groups in total. The second-order valence-electron chi connectivity index (χ2n) is 4.15. The van der Waals surface area contributed by atoms with E-state index in [-0.39, 0.29) is 0 Å². The van der Waals surface area contributed by atoms with Gasteiger partial charge in [0.25, 0.3) is 0 Å². The van der Waals surface area contributed by atoms with Gasteiger partial charge in [0.05, 0.1) is 24.0 Å². The fraction of sp³-hybridized carbons (Fsp3) is 0.308. The van der Waals surface area contributed by atoms with E-state index in [0.717, 1.165) is 5.56 Å². The van der Waals surface area contributed by atoms with Crippen molar-refractivity contribution in [3.05, 3.63) is 46.2 Å². The van der Waals surface area contributed by atoms with Crippen molar-refractivity contribution in [3.8, 4) is 5.75 Å². The van der Waals surface area contributed by atoms with Crippen molar-refractivity contribution in [1.29, 1.82) is 0 Å². The highest BCUT2D eigenvalue weighted by atomic mass is 35.5. The quantitative estimate of drug-likeness (QED) is 0.928. The lowest BCUT2D eigenvalue weighted by molar-refractivity contribution is 0.204. The second kappa shape index (κ2) is 5.00. The molecule has 96 valence electrons. The van der Waals surface area contributed by atoms with Crippen molar-refractivity contribution in [3.63, 3.8) is 0 Å². The molecule has 0 bridgehead atoms. The van der Waals surface area contributed by atoms with Gasteiger partial charge in [0.1, 0.15) is 11.9 Å². The summed E-state index contributed by atoms with van der Waals surface area (Å²) in [6.45, 7) is 1.96. The lowest BCUT2D eigenvalue weighted by atomic mass is 10.0. The van der Waals surface area contributed by atoms with Gasteiger partial charge < -0.3 is 9.84 Å². The summed E-state index contributed by atoms with van der Waals surface area (Å²) in [6, 6.07) is 5.64. The van der Waals surface area contributed by atoms with Gasteiger partial charge in [0, 0.05) is 12.6 Å². The number of aliphatic hydroxyl groups is 1. The summed E-state index contributed by atoms with van der Waals surface area (Å²) in [4.78, 5) is 0. The zero-order valence-corrected chi connectivity index (χ0v) is 11.3. The summed E-state index contributed by atoms with van der Waals surface area (Å²) in [5, 5.41) is 14.9. The van der Waals surface area contributed by atoms with Crippen LogP contribution in [0, 0.1) is 6.92 Å². The highest BCUT2D eigenvalue weighted by molar-refractivity contribution is 6.31. The number of benzene rings is 1. The molecule has 2 rings (SSSR count). The third-order valence-electron chi connectivity index (χ3n) is 2.88. The molecule has 0 fully saturated rings. The third-order valence-corrected chi connectivity index (χ3v) is 3.17. The minimum Gasteiger partial charge on any atom is -0.496 e. The number of aryl methyl sites for hydroxylation is 2. The molecule has 0 aliphatic carbocycles. The molecule has 5 heteroatoms. The highest BCUT2D eigenvalue weighted by Crippen LogP contribution is 2.33. The highest BCUT2D eigenvalue weighted by Gasteiger charge is 2.21. The van der Waals surface area contributed by atoms with E-state index in [2.05, 4.69) is 5.10 Å². The molecule has 0 saturated carbocycles. The Bertz CT molecular complexity index is 547. The van der Waals surface area contributed by atoms with Gasteiger partial charge in [-0.3, -0.25) is 4.68 Å². The van der Waals surface area contributed by atoms with E-state index < -0.39 is 6.10 Å². The Balaban J connectivity index is 2.51. The minimum atomic E-state index is -0.861. The molecule has 1 unspecified atom stereocenters. The predicted molar refractivity (Wildman–Crippen MR) is 70.0 cm³/mol. The van der Waals surface area contributed by atoms with Crippen LogP contribution in [0.3, 0.4) is 0 Å². The molecule has 4 nitrogen and oxygen atoms in total. The summed E-state index contributed by atoms with van der Waals surface area (Å²) in [7, 11) is 3.32. The van der Waals surface area contributed by atoms with Crippen LogP contribution in [0.15, 0.2) is 24.4 Å². The Hall–Kier alpha value is -1.52. The Morgan fingerprint density at radius 3 is 2.72 bits per heavy atom. The Labute approximate surface area is 111 Å². The van der Waals surface area contributed by atoms with Crippen LogP contribution in [0.2, 0.25) is 5.02 Å². The predicted octanol–water partition coefficient (Wildman–Crippen LogP) is 2.47. The van der Waals surface area contributed by atoms with Crippen LogP contribution in [-0.2, 0) is 7.05 Å². The molecule has 1 aromatic carbocycles. The van der Waals surface area contributed by atoms with E-state index >= 15 is 0 Å². The summed E-state index contributed by atoms with van der Waals surface area (Å²) in [6.07, 6.45) is 0.655. The van der Waals surface area contributed by atoms with Crippen molar-refractivity contribution in [2.45, 2.75) is 13.0 Å². The van der Waals surface area contributed by atoms with E-state index in [1.54, 1.807) is 18.8 Å². The normalized spacial score (nSPS) is 12.5. The van der Waals surface area contributed by atoms with Crippen molar-refractivity contribution >= 4 is 11.6 Å². The molecule has 0 saturated heterocycles. The van der Waals surface area contributed by atoms with Gasteiger partial charge in [-0.15, -0.1) is 0 Å². The van der Waals surface area contributed by atoms with Crippen LogP contribution >= 0.6 is 11.6 Å². The zero-order valence-electron chi connectivity index (χ0n) is 10.5. The first-order valence-electron chi connectivity index (χ1n) is 5.54. The number of halogens is 1. The fourth-order valence-corrected chi connectivity index (χ4v) is 2.21. The average molecular weight is 267 g/mol. The molecule has 0 aliphatic heterocycles. The standard InChI is InChI=1S/C13H15ClN2O2/c1-8-4-5-11(18-3)9(6-8)13(17)12-10(14)7-15-16(12)2/h4-7,13,17H,1-3H3. The smallest absolute Gasteiger partial charge is 0.126 e. The topological polar surface area (TPSA) is 47.3 Å². The van der Waals surface area contributed by atoms with E-state index in [1.165, 1.54) is 6.20 Å². The largest absolute Gasteiger partial charge is 0.496 e. The summed E-state index contributed by atoms with van der Waals surface area (Å²) in [5.74, 6) is 0.630. The molecule has 1 heterocycles. The maximum atomic E-state index is 10.5. The zero-order chi connectivity index (χ0) is 13.3. The number of methoxy groups -OCH3 is 1. The summed E-state index contributed by atoms with van der Waals surface area (Å²) >= 11 is 6.04. The van der Waals surface area contributed by atoms with Gasteiger partial charge in [-0.2, -0.15) is 5.10 Å². The van der Waals surface area contributed by atoms with Crippen LogP contribution in [-0.4, -0.2) is 22.0 Å². The van der Waals surface area contributed by atoms with Gasteiger partial charge in [0.2, 0.25) is 0 Å². The van der Waals surface area contributed by atoms with Crippen molar-refractivity contribution in [1.82, 2.24) is 9.78 Å². The lowest BCUT2D eigenvalue weighted by Crippen LogP contribution is -2.08. The first-order chi connectivity index (χ1) is 8.54. The van der Waals surface area contributed by atoms with Crippen LogP contribution in [0.25, 0.3) is 0 Å². The third kappa shape index (κ3) is 2.21. The maximum Gasteiger partial charge on any atom is 0.126 e. The van der Waals surface area contributed by atoms with Crippen LogP contribution in [0.5, 0.6) is 5.75 Å². The summed E-state index contributed by atoms with van der Waals surface area (Å²) < 4.78 is 6.83. The number of nitrogens with zero attached hydrogens (tertiary/aromatic N) is 2. The number of aliphatic hydroxyl groups excluding tert-OH is 1. The monoisotopic (exact) mass is 266 g/mol. The molecule has 1 aromatic heterocycles. The van der Waals surface area contributed by atoms with Crippen molar-refractivity contribution < 1.29 is 9.84 Å². The van der Waals surface area contributed by atoms with Crippen LogP contribution in [0.4, 0.5) is 0 Å². The molecular formula is C13H15ClN2O2. The van der Waals surface area contributed by atoms with Gasteiger partial charge in [-0.25, -0.2) is 0 Å². The van der Waals surface area contributed by atoms with E-state index in [9.17, 15) is 5.11 Å². The van der Waals surface area contributed by atoms with Gasteiger partial charge in [0.15, 0.2) is 0 Å². The first kappa shape index (κ1) is 12.9. The summed E-state index contributed by atoms with van der Waals surface area (Å²) in [5.41, 5.74) is 2.28.